The van der Waals surface area contributed by atoms with Crippen LogP contribution >= 0.6 is 11.6 Å². The minimum absolute atomic E-state index is 0.134. The molecule has 3 N–H and O–H groups in total. The number of nitrogens with one attached hydrogen (secondary N) is 1. The predicted molar refractivity (Wildman–Crippen MR) is 74.1 cm³/mol. The van der Waals surface area contributed by atoms with Crippen LogP contribution in [0.15, 0.2) is 23.1 Å². The van der Waals surface area contributed by atoms with Crippen molar-refractivity contribution < 1.29 is 17.9 Å². The molecule has 1 heterocycles. The van der Waals surface area contributed by atoms with Crippen LogP contribution in [0.5, 0.6) is 0 Å². The monoisotopic (exact) mass is 318 g/mol. The molecule has 1 aliphatic rings. The van der Waals surface area contributed by atoms with Crippen LogP contribution < -0.4 is 10.5 Å². The summed E-state index contributed by atoms with van der Waals surface area (Å²) in [5.74, 6) is -0.412. The Balaban J connectivity index is 2.28. The number of hydrogen-bond acceptors (Lipinski definition) is 4. The van der Waals surface area contributed by atoms with E-state index in [0.29, 0.717) is 19.6 Å². The summed E-state index contributed by atoms with van der Waals surface area (Å²) in [4.78, 5) is 12.0. The molecule has 20 heavy (non-hydrogen) atoms. The van der Waals surface area contributed by atoms with Crippen molar-refractivity contribution in [1.82, 2.24) is 5.32 Å². The average Bonchev–Trinajstić information content (AvgIpc) is 2.73. The van der Waals surface area contributed by atoms with Gasteiger partial charge in [0, 0.05) is 17.2 Å². The van der Waals surface area contributed by atoms with Crippen LogP contribution in [0.25, 0.3) is 0 Å². The van der Waals surface area contributed by atoms with E-state index in [0.717, 1.165) is 0 Å². The number of carbonyl (C=O) groups is 1. The predicted octanol–water partition coefficient (Wildman–Crippen LogP) is 0.896. The third kappa shape index (κ3) is 3.49. The number of benzene rings is 1. The third-order valence-electron chi connectivity index (χ3n) is 3.10. The summed E-state index contributed by atoms with van der Waals surface area (Å²) in [6.07, 6.45) is 0.696. The summed E-state index contributed by atoms with van der Waals surface area (Å²) in [7, 11) is -3.91. The van der Waals surface area contributed by atoms with Gasteiger partial charge in [-0.1, -0.05) is 11.6 Å². The zero-order valence-electron chi connectivity index (χ0n) is 10.8. The molecule has 1 aromatic carbocycles. The highest BCUT2D eigenvalue weighted by Crippen LogP contribution is 2.21. The van der Waals surface area contributed by atoms with Crippen molar-refractivity contribution in [2.45, 2.75) is 23.8 Å². The van der Waals surface area contributed by atoms with E-state index in [1.165, 1.54) is 18.2 Å². The van der Waals surface area contributed by atoms with E-state index in [-0.39, 0.29) is 15.5 Å². The number of nitrogens with two attached hydrogens (primary N) is 1. The number of halogens is 1. The Labute approximate surface area is 122 Å². The van der Waals surface area contributed by atoms with Crippen LogP contribution in [0.4, 0.5) is 0 Å². The molecule has 110 valence electrons. The second-order valence-corrected chi connectivity index (χ2v) is 7.04. The van der Waals surface area contributed by atoms with E-state index in [9.17, 15) is 13.2 Å². The van der Waals surface area contributed by atoms with Crippen molar-refractivity contribution in [2.24, 2.45) is 5.14 Å². The molecule has 0 spiro atoms. The smallest absolute Gasteiger partial charge is 0.251 e. The normalized spacial score (nSPS) is 22.8. The highest BCUT2D eigenvalue weighted by molar-refractivity contribution is 7.89. The van der Waals surface area contributed by atoms with Crippen molar-refractivity contribution in [3.63, 3.8) is 0 Å². The van der Waals surface area contributed by atoms with Gasteiger partial charge in [-0.15, -0.1) is 0 Å². The fourth-order valence-corrected chi connectivity index (χ4v) is 2.85. The van der Waals surface area contributed by atoms with E-state index in [4.69, 9.17) is 21.5 Å². The molecule has 2 rings (SSSR count). The van der Waals surface area contributed by atoms with Crippen molar-refractivity contribution in [2.75, 3.05) is 13.2 Å². The largest absolute Gasteiger partial charge is 0.379 e. The molecular formula is C12H15ClN2O4S. The summed E-state index contributed by atoms with van der Waals surface area (Å²) in [6, 6.07) is 3.80. The lowest BCUT2D eigenvalue weighted by Crippen LogP contribution is -2.46. The fraction of sp³-hybridized carbons (Fsp3) is 0.417. The zero-order chi connectivity index (χ0) is 15.0. The van der Waals surface area contributed by atoms with Gasteiger partial charge < -0.3 is 10.1 Å². The second-order valence-electron chi connectivity index (χ2n) is 5.04. The lowest BCUT2D eigenvalue weighted by molar-refractivity contribution is 0.0889. The van der Waals surface area contributed by atoms with Gasteiger partial charge >= 0.3 is 0 Å². The molecule has 0 bridgehead atoms. The molecule has 0 aliphatic carbocycles. The summed E-state index contributed by atoms with van der Waals surface area (Å²) < 4.78 is 27.9. The molecule has 1 aliphatic heterocycles. The van der Waals surface area contributed by atoms with Gasteiger partial charge in [-0.25, -0.2) is 13.6 Å². The van der Waals surface area contributed by atoms with Crippen molar-refractivity contribution in [3.8, 4) is 0 Å². The topological polar surface area (TPSA) is 98.5 Å². The molecule has 1 amide bonds. The Hall–Kier alpha value is -1.15. The standard InChI is InChI=1S/C12H15ClN2O4S/c1-12(2-3-19-7-12)15-11(16)8-4-9(13)6-10(5-8)20(14,17)18/h4-6H,2-3,7H2,1H3,(H,15,16)(H2,14,17,18). The molecule has 1 saturated heterocycles. The fourth-order valence-electron chi connectivity index (χ4n) is 1.97. The average molecular weight is 319 g/mol. The van der Waals surface area contributed by atoms with Gasteiger partial charge in [0.25, 0.3) is 5.91 Å². The van der Waals surface area contributed by atoms with Crippen LogP contribution in [0.1, 0.15) is 23.7 Å². The number of hydrogen-bond donors (Lipinski definition) is 2. The van der Waals surface area contributed by atoms with Gasteiger partial charge in [0.2, 0.25) is 10.0 Å². The molecule has 8 heteroatoms. The van der Waals surface area contributed by atoms with Crippen molar-refractivity contribution in [3.05, 3.63) is 28.8 Å². The third-order valence-corrected chi connectivity index (χ3v) is 4.21. The zero-order valence-corrected chi connectivity index (χ0v) is 12.4. The van der Waals surface area contributed by atoms with Gasteiger partial charge in [-0.2, -0.15) is 0 Å². The Morgan fingerprint density at radius 1 is 1.45 bits per heavy atom. The van der Waals surface area contributed by atoms with E-state index in [1.807, 2.05) is 6.92 Å². The first kappa shape index (κ1) is 15.2. The van der Waals surface area contributed by atoms with E-state index >= 15 is 0 Å². The highest BCUT2D eigenvalue weighted by Gasteiger charge is 2.31. The first-order chi connectivity index (χ1) is 9.20. The lowest BCUT2D eigenvalue weighted by atomic mass is 10.0. The Kier molecular flexibility index (Phi) is 4.06. The minimum atomic E-state index is -3.91. The van der Waals surface area contributed by atoms with Gasteiger partial charge in [-0.05, 0) is 31.5 Å². The van der Waals surface area contributed by atoms with Crippen LogP contribution in [0, 0.1) is 0 Å². The lowest BCUT2D eigenvalue weighted by Gasteiger charge is -2.23. The molecule has 0 radical (unpaired) electrons. The SMILES string of the molecule is CC1(NC(=O)c2cc(Cl)cc(S(N)(=O)=O)c2)CCOC1. The van der Waals surface area contributed by atoms with Crippen LogP contribution in [0.3, 0.4) is 0 Å². The van der Waals surface area contributed by atoms with Crippen molar-refractivity contribution >= 4 is 27.5 Å². The number of rotatable bonds is 3. The molecule has 1 atom stereocenters. The number of amides is 1. The summed E-state index contributed by atoms with van der Waals surface area (Å²) >= 11 is 5.83. The van der Waals surface area contributed by atoms with E-state index < -0.39 is 21.5 Å². The van der Waals surface area contributed by atoms with Crippen LogP contribution in [-0.4, -0.2) is 33.1 Å². The Morgan fingerprint density at radius 3 is 2.70 bits per heavy atom. The minimum Gasteiger partial charge on any atom is -0.379 e. The maximum absolute atomic E-state index is 12.2. The number of ether oxygens (including phenoxy) is 1. The second kappa shape index (κ2) is 5.33. The highest BCUT2D eigenvalue weighted by atomic mass is 35.5. The summed E-state index contributed by atoms with van der Waals surface area (Å²) in [6.45, 7) is 2.86. The Morgan fingerprint density at radius 2 is 2.15 bits per heavy atom. The van der Waals surface area contributed by atoms with E-state index in [1.54, 1.807) is 0 Å². The first-order valence-corrected chi connectivity index (χ1v) is 7.86. The summed E-state index contributed by atoms with van der Waals surface area (Å²) in [5.41, 5.74) is -0.309. The quantitative estimate of drug-likeness (QED) is 0.865. The van der Waals surface area contributed by atoms with Gasteiger partial charge in [-0.3, -0.25) is 4.79 Å². The van der Waals surface area contributed by atoms with Crippen molar-refractivity contribution in [1.29, 1.82) is 0 Å². The maximum Gasteiger partial charge on any atom is 0.251 e. The van der Waals surface area contributed by atoms with Gasteiger partial charge in [0.1, 0.15) is 0 Å². The molecule has 1 fully saturated rings. The van der Waals surface area contributed by atoms with E-state index in [2.05, 4.69) is 5.32 Å². The molecule has 1 aromatic rings. The first-order valence-electron chi connectivity index (χ1n) is 5.93. The summed E-state index contributed by atoms with van der Waals surface area (Å²) in [5, 5.41) is 8.00. The molecule has 0 aromatic heterocycles. The number of primary sulfonamides is 1. The van der Waals surface area contributed by atoms with Crippen LogP contribution in [-0.2, 0) is 14.8 Å². The molecular weight excluding hydrogens is 304 g/mol. The maximum atomic E-state index is 12.2. The van der Waals surface area contributed by atoms with Crippen LogP contribution in [0.2, 0.25) is 5.02 Å². The van der Waals surface area contributed by atoms with Gasteiger partial charge in [0.05, 0.1) is 17.0 Å². The Bertz CT molecular complexity index is 639. The number of sulfonamides is 1. The van der Waals surface area contributed by atoms with Gasteiger partial charge in [0.15, 0.2) is 0 Å². The molecule has 6 nitrogen and oxygen atoms in total. The molecule has 0 saturated carbocycles. The molecule has 1 unspecified atom stereocenters. The number of carbonyl (C=O) groups excluding carboxylic acids is 1.